The van der Waals surface area contributed by atoms with Gasteiger partial charge in [-0.1, -0.05) is 7.43 Å². The summed E-state index contributed by atoms with van der Waals surface area (Å²) in [6, 6.07) is 6.98. The molecule has 0 atom stereocenters. The third kappa shape index (κ3) is 16.4. The fourth-order valence-electron chi connectivity index (χ4n) is 3.85. The first-order valence-corrected chi connectivity index (χ1v) is 15.8. The van der Waals surface area contributed by atoms with E-state index in [0.717, 1.165) is 27.8 Å². The van der Waals surface area contributed by atoms with E-state index in [4.69, 9.17) is 19.3 Å². The molecule has 2 aliphatic rings. The van der Waals surface area contributed by atoms with Crippen LogP contribution in [0.2, 0.25) is 0 Å². The van der Waals surface area contributed by atoms with Crippen LogP contribution >= 0.6 is 31.9 Å². The Balaban J connectivity index is 0.000000362. The maximum atomic E-state index is 12.0. The van der Waals surface area contributed by atoms with Gasteiger partial charge < -0.3 is 34.2 Å². The van der Waals surface area contributed by atoms with Crippen molar-refractivity contribution >= 4 is 44.0 Å². The van der Waals surface area contributed by atoms with E-state index in [9.17, 15) is 14.7 Å². The number of hydrogen-bond donors (Lipinski definition) is 2. The van der Waals surface area contributed by atoms with Crippen LogP contribution in [0.3, 0.4) is 0 Å². The van der Waals surface area contributed by atoms with Gasteiger partial charge in [0.1, 0.15) is 38.0 Å². The summed E-state index contributed by atoms with van der Waals surface area (Å²) in [7, 11) is 0. The molecule has 0 spiro atoms. The number of ether oxygens (including phenoxy) is 3. The average molecular weight is 749 g/mol. The highest BCUT2D eigenvalue weighted by atomic mass is 79.9. The lowest BCUT2D eigenvalue weighted by Gasteiger charge is -2.33. The highest BCUT2D eigenvalue weighted by Gasteiger charge is 2.28. The molecule has 2 fully saturated rings. The number of aliphatic hydroxyl groups is 1. The second-order valence-electron chi connectivity index (χ2n) is 12.1. The van der Waals surface area contributed by atoms with Crippen molar-refractivity contribution in [3.8, 4) is 11.5 Å². The van der Waals surface area contributed by atoms with Crippen molar-refractivity contribution in [3.63, 3.8) is 0 Å². The molecule has 44 heavy (non-hydrogen) atoms. The molecule has 0 aromatic carbocycles. The van der Waals surface area contributed by atoms with E-state index in [0.29, 0.717) is 39.0 Å². The molecule has 0 bridgehead atoms. The Labute approximate surface area is 278 Å². The maximum Gasteiger partial charge on any atom is 0.410 e. The van der Waals surface area contributed by atoms with Crippen LogP contribution in [0.25, 0.3) is 0 Å². The lowest BCUT2D eigenvalue weighted by atomic mass is 10.1. The first-order valence-electron chi connectivity index (χ1n) is 14.2. The normalized spacial score (nSPS) is 15.8. The fraction of sp³-hybridized carbons (Fsp3) is 0.613. The summed E-state index contributed by atoms with van der Waals surface area (Å²) in [6.07, 6.45) is 5.33. The van der Waals surface area contributed by atoms with E-state index in [-0.39, 0.29) is 37.6 Å². The Morgan fingerprint density at radius 3 is 1.57 bits per heavy atom. The van der Waals surface area contributed by atoms with Gasteiger partial charge in [-0.05, 0) is 111 Å². The number of halogens is 2. The molecule has 248 valence electrons. The number of hydrogen-bond acceptors (Lipinski definition) is 9. The molecule has 2 aromatic heterocycles. The maximum absolute atomic E-state index is 12.0. The molecule has 0 radical (unpaired) electrons. The standard InChI is InChI=1S/C15H21BrN2O3.C10H19NO3.C5H4BrNO.CH4/c1-15(2,3)21-14(19)18-8-6-11(7-9-18)20-12-4-5-13(16)17-10-12;1-10(2,3)14-9(13)11-6-4-8(12)5-7-11;6-5-2-1-4(8)3-7-5;/h4-5,10-11H,6-9H2,1-3H3;8,12H,4-7H2,1-3H3;1-3,8H;1H4. The Morgan fingerprint density at radius 2 is 1.20 bits per heavy atom. The SMILES string of the molecule is C.CC(C)(C)OC(=O)N1CCC(O)CC1.CC(C)(C)OC(=O)N1CCC(Oc2ccc(Br)nc2)CC1.Oc1ccc(Br)nc1. The van der Waals surface area contributed by atoms with Crippen molar-refractivity contribution in [2.45, 2.75) is 98.1 Å². The smallest absolute Gasteiger partial charge is 0.410 e. The van der Waals surface area contributed by atoms with E-state index in [1.807, 2.05) is 53.7 Å². The van der Waals surface area contributed by atoms with Crippen LogP contribution in [0.5, 0.6) is 11.5 Å². The number of aromatic hydroxyl groups is 1. The monoisotopic (exact) mass is 746 g/mol. The predicted octanol–water partition coefficient (Wildman–Crippen LogP) is 7.19. The van der Waals surface area contributed by atoms with Gasteiger partial charge in [0.05, 0.1) is 18.5 Å². The van der Waals surface area contributed by atoms with Gasteiger partial charge in [-0.2, -0.15) is 0 Å². The molecular formula is C31H48Br2N4O7. The summed E-state index contributed by atoms with van der Waals surface area (Å²) >= 11 is 6.42. The molecule has 11 nitrogen and oxygen atoms in total. The molecule has 0 unspecified atom stereocenters. The van der Waals surface area contributed by atoms with E-state index in [1.54, 1.807) is 28.1 Å². The summed E-state index contributed by atoms with van der Waals surface area (Å²) in [6.45, 7) is 13.7. The van der Waals surface area contributed by atoms with E-state index in [2.05, 4.69) is 41.8 Å². The highest BCUT2D eigenvalue weighted by Crippen LogP contribution is 2.21. The van der Waals surface area contributed by atoms with Crippen molar-refractivity contribution in [2.24, 2.45) is 0 Å². The van der Waals surface area contributed by atoms with Gasteiger partial charge in [-0.25, -0.2) is 19.6 Å². The molecule has 4 rings (SSSR count). The van der Waals surface area contributed by atoms with Crippen molar-refractivity contribution in [1.82, 2.24) is 19.8 Å². The van der Waals surface area contributed by atoms with Gasteiger partial charge in [0, 0.05) is 39.0 Å². The molecule has 2 aromatic rings. The number of nitrogens with zero attached hydrogens (tertiary/aromatic N) is 4. The van der Waals surface area contributed by atoms with Gasteiger partial charge in [-0.3, -0.25) is 0 Å². The van der Waals surface area contributed by atoms with Crippen molar-refractivity contribution in [1.29, 1.82) is 0 Å². The Hall–Kier alpha value is -2.64. The average Bonchev–Trinajstić information content (AvgIpc) is 2.91. The van der Waals surface area contributed by atoms with Crippen LogP contribution in [0.4, 0.5) is 9.59 Å². The van der Waals surface area contributed by atoms with Crippen molar-refractivity contribution < 1.29 is 34.0 Å². The number of pyridine rings is 2. The summed E-state index contributed by atoms with van der Waals surface area (Å²) < 4.78 is 18.0. The quantitative estimate of drug-likeness (QED) is 0.306. The third-order valence-corrected chi connectivity index (χ3v) is 6.86. The van der Waals surface area contributed by atoms with E-state index < -0.39 is 11.2 Å². The van der Waals surface area contributed by atoms with Crippen LogP contribution in [0, 0.1) is 0 Å². The molecule has 2 amide bonds. The van der Waals surface area contributed by atoms with Gasteiger partial charge in [0.2, 0.25) is 0 Å². The number of aliphatic hydroxyl groups excluding tert-OH is 1. The minimum absolute atomic E-state index is 0. The summed E-state index contributed by atoms with van der Waals surface area (Å²) in [5.74, 6) is 0.946. The number of aromatic nitrogens is 2. The first kappa shape index (κ1) is 39.4. The highest BCUT2D eigenvalue weighted by molar-refractivity contribution is 9.10. The van der Waals surface area contributed by atoms with E-state index >= 15 is 0 Å². The Kier molecular flexibility index (Phi) is 16.4. The zero-order chi connectivity index (χ0) is 32.2. The van der Waals surface area contributed by atoms with Gasteiger partial charge >= 0.3 is 12.2 Å². The molecule has 2 N–H and O–H groups in total. The van der Waals surface area contributed by atoms with Crippen LogP contribution in [0.1, 0.15) is 74.7 Å². The summed E-state index contributed by atoms with van der Waals surface area (Å²) in [5.41, 5.74) is -0.888. The lowest BCUT2D eigenvalue weighted by Crippen LogP contribution is -2.44. The molecular weight excluding hydrogens is 700 g/mol. The summed E-state index contributed by atoms with van der Waals surface area (Å²) in [4.78, 5) is 34.8. The molecule has 13 heteroatoms. The van der Waals surface area contributed by atoms with Crippen molar-refractivity contribution in [3.05, 3.63) is 45.9 Å². The zero-order valence-electron chi connectivity index (χ0n) is 25.8. The van der Waals surface area contributed by atoms with E-state index in [1.165, 1.54) is 6.20 Å². The first-order chi connectivity index (χ1) is 20.0. The number of carbonyl (C=O) groups excluding carboxylic acids is 2. The largest absolute Gasteiger partial charge is 0.506 e. The summed E-state index contributed by atoms with van der Waals surface area (Å²) in [5, 5.41) is 17.9. The third-order valence-electron chi connectivity index (χ3n) is 5.92. The topological polar surface area (TPSA) is 135 Å². The molecule has 2 saturated heterocycles. The minimum Gasteiger partial charge on any atom is -0.506 e. The lowest BCUT2D eigenvalue weighted by molar-refractivity contribution is 0.00959. The number of amides is 2. The second-order valence-corrected chi connectivity index (χ2v) is 13.8. The minimum atomic E-state index is -0.451. The number of piperidine rings is 2. The van der Waals surface area contributed by atoms with Gasteiger partial charge in [-0.15, -0.1) is 0 Å². The number of carbonyl (C=O) groups is 2. The Bertz CT molecular complexity index is 1100. The van der Waals surface area contributed by atoms with Crippen LogP contribution in [-0.2, 0) is 9.47 Å². The van der Waals surface area contributed by atoms with Crippen LogP contribution < -0.4 is 4.74 Å². The van der Waals surface area contributed by atoms with Gasteiger partial charge in [0.15, 0.2) is 0 Å². The fourth-order valence-corrected chi connectivity index (χ4v) is 4.32. The molecule has 2 aliphatic heterocycles. The molecule has 0 aliphatic carbocycles. The van der Waals surface area contributed by atoms with Crippen LogP contribution in [0.15, 0.2) is 45.9 Å². The zero-order valence-corrected chi connectivity index (χ0v) is 28.9. The number of likely N-dealkylation sites (tertiary alicyclic amines) is 2. The van der Waals surface area contributed by atoms with Gasteiger partial charge in [0.25, 0.3) is 0 Å². The number of rotatable bonds is 2. The second kappa shape index (κ2) is 18.4. The molecule has 4 heterocycles. The van der Waals surface area contributed by atoms with Crippen LogP contribution in [-0.4, -0.2) is 91.8 Å². The molecule has 0 saturated carbocycles. The Morgan fingerprint density at radius 1 is 0.773 bits per heavy atom. The van der Waals surface area contributed by atoms with Crippen molar-refractivity contribution in [2.75, 3.05) is 26.2 Å². The predicted molar refractivity (Wildman–Crippen MR) is 177 cm³/mol.